The largest absolute Gasteiger partial charge is 0.394 e. The maximum Gasteiger partial charge on any atom is 0.0622 e. The van der Waals surface area contributed by atoms with Gasteiger partial charge in [0.1, 0.15) is 0 Å². The standard InChI is InChI=1S/C6H12N2O/c1-6-2-3-8(7-6)4-5-9/h2-3,6-7,9H,4-5H2,1H3. The Hall–Kier alpha value is -0.540. The van der Waals surface area contributed by atoms with Gasteiger partial charge in [-0.2, -0.15) is 0 Å². The second kappa shape index (κ2) is 2.85. The predicted molar refractivity (Wildman–Crippen MR) is 35.5 cm³/mol. The molecular weight excluding hydrogens is 116 g/mol. The second-order valence-electron chi connectivity index (χ2n) is 2.18. The Morgan fingerprint density at radius 3 is 3.00 bits per heavy atom. The van der Waals surface area contributed by atoms with Crippen LogP contribution in [0.2, 0.25) is 0 Å². The molecule has 1 unspecified atom stereocenters. The number of β-amino-alcohol motifs (C(OH)–C–C–N with tert-alkyl or cyclic N) is 1. The van der Waals surface area contributed by atoms with Crippen LogP contribution >= 0.6 is 0 Å². The van der Waals surface area contributed by atoms with Gasteiger partial charge in [0.05, 0.1) is 13.2 Å². The van der Waals surface area contributed by atoms with E-state index in [0.717, 1.165) is 0 Å². The molecule has 0 aliphatic carbocycles. The molecule has 1 aliphatic heterocycles. The third-order valence-electron chi connectivity index (χ3n) is 1.27. The molecule has 0 aromatic rings. The summed E-state index contributed by atoms with van der Waals surface area (Å²) in [5.41, 5.74) is 3.12. The molecule has 0 bridgehead atoms. The first-order chi connectivity index (χ1) is 4.33. The fraction of sp³-hybridized carbons (Fsp3) is 0.667. The van der Waals surface area contributed by atoms with E-state index in [1.807, 2.05) is 11.2 Å². The van der Waals surface area contributed by atoms with Crippen molar-refractivity contribution in [2.24, 2.45) is 0 Å². The summed E-state index contributed by atoms with van der Waals surface area (Å²) in [4.78, 5) is 0. The Balaban J connectivity index is 2.24. The van der Waals surface area contributed by atoms with Gasteiger partial charge in [0.2, 0.25) is 0 Å². The number of aliphatic hydroxyl groups excluding tert-OH is 1. The van der Waals surface area contributed by atoms with Crippen molar-refractivity contribution in [3.05, 3.63) is 12.3 Å². The maximum atomic E-state index is 8.50. The Morgan fingerprint density at radius 2 is 2.56 bits per heavy atom. The molecule has 0 saturated carbocycles. The zero-order valence-corrected chi connectivity index (χ0v) is 5.54. The minimum Gasteiger partial charge on any atom is -0.394 e. The third-order valence-corrected chi connectivity index (χ3v) is 1.27. The monoisotopic (exact) mass is 128 g/mol. The molecule has 0 radical (unpaired) electrons. The van der Waals surface area contributed by atoms with E-state index in [9.17, 15) is 0 Å². The van der Waals surface area contributed by atoms with E-state index in [-0.39, 0.29) is 6.61 Å². The van der Waals surface area contributed by atoms with Gasteiger partial charge in [0, 0.05) is 12.2 Å². The molecule has 9 heavy (non-hydrogen) atoms. The van der Waals surface area contributed by atoms with E-state index in [1.165, 1.54) is 0 Å². The van der Waals surface area contributed by atoms with E-state index < -0.39 is 0 Å². The molecule has 1 aliphatic rings. The summed E-state index contributed by atoms with van der Waals surface area (Å²) in [5.74, 6) is 0. The molecule has 1 atom stereocenters. The zero-order valence-electron chi connectivity index (χ0n) is 5.54. The number of nitrogens with zero attached hydrogens (tertiary/aromatic N) is 1. The number of nitrogens with one attached hydrogen (secondary N) is 1. The summed E-state index contributed by atoms with van der Waals surface area (Å²) < 4.78 is 0. The van der Waals surface area contributed by atoms with Crippen LogP contribution in [0.3, 0.4) is 0 Å². The maximum absolute atomic E-state index is 8.50. The molecule has 0 fully saturated rings. The second-order valence-corrected chi connectivity index (χ2v) is 2.18. The van der Waals surface area contributed by atoms with Crippen molar-refractivity contribution in [1.82, 2.24) is 10.4 Å². The SMILES string of the molecule is CC1C=CN(CCO)N1. The lowest BCUT2D eigenvalue weighted by Gasteiger charge is -2.15. The van der Waals surface area contributed by atoms with Gasteiger partial charge in [-0.3, -0.25) is 0 Å². The average Bonchev–Trinajstić information content (AvgIpc) is 2.17. The number of hydrogen-bond donors (Lipinski definition) is 2. The van der Waals surface area contributed by atoms with Gasteiger partial charge in [0.15, 0.2) is 0 Å². The van der Waals surface area contributed by atoms with Gasteiger partial charge in [-0.1, -0.05) is 0 Å². The Labute approximate surface area is 54.9 Å². The molecule has 3 heteroatoms. The molecule has 0 saturated heterocycles. The van der Waals surface area contributed by atoms with Crippen molar-refractivity contribution >= 4 is 0 Å². The highest BCUT2D eigenvalue weighted by Gasteiger charge is 2.07. The first-order valence-corrected chi connectivity index (χ1v) is 3.15. The van der Waals surface area contributed by atoms with Crippen molar-refractivity contribution in [2.45, 2.75) is 13.0 Å². The lowest BCUT2D eigenvalue weighted by Crippen LogP contribution is -2.35. The van der Waals surface area contributed by atoms with Crippen LogP contribution in [-0.2, 0) is 0 Å². The number of rotatable bonds is 2. The lowest BCUT2D eigenvalue weighted by atomic mass is 10.4. The predicted octanol–water partition coefficient (Wildman–Crippen LogP) is -0.299. The summed E-state index contributed by atoms with van der Waals surface area (Å²) in [5, 5.41) is 10.4. The Kier molecular flexibility index (Phi) is 2.08. The first kappa shape index (κ1) is 6.58. The molecule has 3 nitrogen and oxygen atoms in total. The normalized spacial score (nSPS) is 25.6. The molecular formula is C6H12N2O. The van der Waals surface area contributed by atoms with Gasteiger partial charge in [-0.25, -0.2) is 5.43 Å². The van der Waals surface area contributed by atoms with Crippen molar-refractivity contribution in [1.29, 1.82) is 0 Å². The summed E-state index contributed by atoms with van der Waals surface area (Å²) in [6, 6.07) is 0.413. The highest BCUT2D eigenvalue weighted by Crippen LogP contribution is 1.98. The van der Waals surface area contributed by atoms with E-state index in [4.69, 9.17) is 5.11 Å². The number of hydrogen-bond acceptors (Lipinski definition) is 3. The molecule has 52 valence electrons. The van der Waals surface area contributed by atoms with Gasteiger partial charge >= 0.3 is 0 Å². The third kappa shape index (κ3) is 1.69. The van der Waals surface area contributed by atoms with Crippen LogP contribution < -0.4 is 5.43 Å². The van der Waals surface area contributed by atoms with Crippen LogP contribution in [0.15, 0.2) is 12.3 Å². The van der Waals surface area contributed by atoms with Gasteiger partial charge < -0.3 is 10.1 Å². The Morgan fingerprint density at radius 1 is 1.78 bits per heavy atom. The highest BCUT2D eigenvalue weighted by atomic mass is 16.3. The highest BCUT2D eigenvalue weighted by molar-refractivity contribution is 4.95. The fourth-order valence-corrected chi connectivity index (χ4v) is 0.827. The Bertz CT molecular complexity index is 114. The zero-order chi connectivity index (χ0) is 6.69. The van der Waals surface area contributed by atoms with Crippen molar-refractivity contribution in [3.8, 4) is 0 Å². The van der Waals surface area contributed by atoms with Crippen LogP contribution in [-0.4, -0.2) is 29.3 Å². The molecule has 1 heterocycles. The molecule has 0 amide bonds. The number of aliphatic hydroxyl groups is 1. The lowest BCUT2D eigenvalue weighted by molar-refractivity contribution is 0.200. The summed E-state index contributed by atoms with van der Waals surface area (Å²) in [6.45, 7) is 2.93. The molecule has 1 rings (SSSR count). The average molecular weight is 128 g/mol. The van der Waals surface area contributed by atoms with Gasteiger partial charge in [-0.05, 0) is 13.0 Å². The van der Waals surface area contributed by atoms with E-state index in [0.29, 0.717) is 12.6 Å². The molecule has 0 aromatic carbocycles. The first-order valence-electron chi connectivity index (χ1n) is 3.15. The number of hydrazine groups is 1. The van der Waals surface area contributed by atoms with E-state index in [1.54, 1.807) is 0 Å². The van der Waals surface area contributed by atoms with Crippen molar-refractivity contribution < 1.29 is 5.11 Å². The minimum absolute atomic E-state index is 0.198. The van der Waals surface area contributed by atoms with Crippen molar-refractivity contribution in [2.75, 3.05) is 13.2 Å². The fourth-order valence-electron chi connectivity index (χ4n) is 0.827. The smallest absolute Gasteiger partial charge is 0.0622 e. The van der Waals surface area contributed by atoms with Gasteiger partial charge in [0.25, 0.3) is 0 Å². The minimum atomic E-state index is 0.198. The van der Waals surface area contributed by atoms with Crippen LogP contribution in [0.25, 0.3) is 0 Å². The van der Waals surface area contributed by atoms with E-state index in [2.05, 4.69) is 18.4 Å². The van der Waals surface area contributed by atoms with Crippen LogP contribution in [0.1, 0.15) is 6.92 Å². The summed E-state index contributed by atoms with van der Waals surface area (Å²) in [7, 11) is 0. The quantitative estimate of drug-likeness (QED) is 0.536. The molecule has 0 spiro atoms. The van der Waals surface area contributed by atoms with Crippen LogP contribution in [0.5, 0.6) is 0 Å². The van der Waals surface area contributed by atoms with Crippen LogP contribution in [0, 0.1) is 0 Å². The summed E-state index contributed by atoms with van der Waals surface area (Å²) >= 11 is 0. The van der Waals surface area contributed by atoms with E-state index >= 15 is 0 Å². The molecule has 2 N–H and O–H groups in total. The van der Waals surface area contributed by atoms with Crippen molar-refractivity contribution in [3.63, 3.8) is 0 Å². The van der Waals surface area contributed by atoms with Gasteiger partial charge in [-0.15, -0.1) is 0 Å². The summed E-state index contributed by atoms with van der Waals surface area (Å²) in [6.07, 6.45) is 4.00. The molecule has 0 aromatic heterocycles. The van der Waals surface area contributed by atoms with Crippen LogP contribution in [0.4, 0.5) is 0 Å². The topological polar surface area (TPSA) is 35.5 Å².